The van der Waals surface area contributed by atoms with Crippen molar-refractivity contribution in [3.05, 3.63) is 35.7 Å². The summed E-state index contributed by atoms with van der Waals surface area (Å²) >= 11 is 0. The zero-order valence-corrected chi connectivity index (χ0v) is 11.4. The second-order valence-electron chi connectivity index (χ2n) is 4.68. The van der Waals surface area contributed by atoms with E-state index in [1.807, 2.05) is 11.8 Å². The van der Waals surface area contributed by atoms with E-state index >= 15 is 0 Å². The predicted molar refractivity (Wildman–Crippen MR) is 75.3 cm³/mol. The van der Waals surface area contributed by atoms with Gasteiger partial charge >= 0.3 is 5.97 Å². The van der Waals surface area contributed by atoms with E-state index in [-0.39, 0.29) is 11.9 Å². The Balaban J connectivity index is 2.40. The molecule has 1 aromatic rings. The van der Waals surface area contributed by atoms with Crippen LogP contribution in [0.4, 0.5) is 10.1 Å². The van der Waals surface area contributed by atoms with Gasteiger partial charge in [0.25, 0.3) is 0 Å². The van der Waals surface area contributed by atoms with Gasteiger partial charge in [-0.1, -0.05) is 19.1 Å². The number of halogens is 1. The molecule has 20 heavy (non-hydrogen) atoms. The van der Waals surface area contributed by atoms with Gasteiger partial charge in [0.05, 0.1) is 24.9 Å². The van der Waals surface area contributed by atoms with E-state index in [0.29, 0.717) is 31.0 Å². The molecule has 0 aromatic heterocycles. The molecule has 0 saturated carbocycles. The average Bonchev–Trinajstić information content (AvgIpc) is 2.45. The van der Waals surface area contributed by atoms with Crippen LogP contribution in [0, 0.1) is 5.82 Å². The van der Waals surface area contributed by atoms with Gasteiger partial charge in [-0.15, -0.1) is 0 Å². The molecule has 108 valence electrons. The topological polar surface area (TPSA) is 49.8 Å². The molecule has 1 aliphatic rings. The third kappa shape index (κ3) is 3.17. The van der Waals surface area contributed by atoms with Gasteiger partial charge in [-0.25, -0.2) is 9.18 Å². The first-order chi connectivity index (χ1) is 9.63. The summed E-state index contributed by atoms with van der Waals surface area (Å²) in [6, 6.07) is 4.81. The predicted octanol–water partition coefficient (Wildman–Crippen LogP) is 2.54. The molecule has 1 heterocycles. The smallest absolute Gasteiger partial charge is 0.328 e. The second kappa shape index (κ2) is 6.52. The van der Waals surface area contributed by atoms with Crippen molar-refractivity contribution < 1.29 is 19.0 Å². The van der Waals surface area contributed by atoms with Crippen molar-refractivity contribution >= 4 is 17.7 Å². The number of ether oxygens (including phenoxy) is 1. The molecule has 2 rings (SSSR count). The Kier molecular flexibility index (Phi) is 4.74. The number of benzene rings is 1. The first-order valence-corrected chi connectivity index (χ1v) is 6.67. The van der Waals surface area contributed by atoms with Crippen molar-refractivity contribution in [1.82, 2.24) is 0 Å². The fraction of sp³-hybridized carbons (Fsp3) is 0.400. The molecular formula is C15H18FNO3. The fourth-order valence-corrected chi connectivity index (χ4v) is 2.42. The maximum Gasteiger partial charge on any atom is 0.328 e. The summed E-state index contributed by atoms with van der Waals surface area (Å²) < 4.78 is 19.6. The summed E-state index contributed by atoms with van der Waals surface area (Å²) in [7, 11) is 0. The monoisotopic (exact) mass is 279 g/mol. The zero-order chi connectivity index (χ0) is 14.5. The van der Waals surface area contributed by atoms with E-state index in [0.717, 1.165) is 12.5 Å². The third-order valence-corrected chi connectivity index (χ3v) is 3.41. The SMILES string of the molecule is CCC1COCCN1c1c(F)cccc1/C=C/C(=O)O. The molecule has 0 spiro atoms. The van der Waals surface area contributed by atoms with Crippen molar-refractivity contribution in [2.75, 3.05) is 24.7 Å². The summed E-state index contributed by atoms with van der Waals surface area (Å²) in [5, 5.41) is 8.73. The van der Waals surface area contributed by atoms with E-state index in [4.69, 9.17) is 9.84 Å². The molecule has 1 atom stereocenters. The van der Waals surface area contributed by atoms with E-state index in [1.165, 1.54) is 12.1 Å². The maximum atomic E-state index is 14.2. The number of hydrogen-bond acceptors (Lipinski definition) is 3. The highest BCUT2D eigenvalue weighted by molar-refractivity contribution is 5.87. The highest BCUT2D eigenvalue weighted by atomic mass is 19.1. The molecule has 0 aliphatic carbocycles. The summed E-state index contributed by atoms with van der Waals surface area (Å²) in [6.45, 7) is 3.74. The van der Waals surface area contributed by atoms with Gasteiger partial charge < -0.3 is 14.7 Å². The Hall–Kier alpha value is -1.88. The molecule has 1 fully saturated rings. The number of nitrogens with zero attached hydrogens (tertiary/aromatic N) is 1. The lowest BCUT2D eigenvalue weighted by molar-refractivity contribution is -0.131. The van der Waals surface area contributed by atoms with Crippen LogP contribution in [0.2, 0.25) is 0 Å². The Bertz CT molecular complexity index is 516. The second-order valence-corrected chi connectivity index (χ2v) is 4.68. The van der Waals surface area contributed by atoms with Crippen LogP contribution in [0.25, 0.3) is 6.08 Å². The Labute approximate surface area is 117 Å². The van der Waals surface area contributed by atoms with Crippen molar-refractivity contribution in [2.24, 2.45) is 0 Å². The molecule has 1 unspecified atom stereocenters. The number of carbonyl (C=O) groups is 1. The van der Waals surface area contributed by atoms with Gasteiger partial charge in [0.15, 0.2) is 0 Å². The van der Waals surface area contributed by atoms with Gasteiger partial charge in [-0.2, -0.15) is 0 Å². The van der Waals surface area contributed by atoms with Crippen molar-refractivity contribution in [3.63, 3.8) is 0 Å². The van der Waals surface area contributed by atoms with Crippen LogP contribution < -0.4 is 4.90 Å². The average molecular weight is 279 g/mol. The van der Waals surface area contributed by atoms with Crippen LogP contribution in [0.15, 0.2) is 24.3 Å². The van der Waals surface area contributed by atoms with Crippen LogP contribution in [0.1, 0.15) is 18.9 Å². The minimum atomic E-state index is -1.05. The minimum absolute atomic E-state index is 0.109. The summed E-state index contributed by atoms with van der Waals surface area (Å²) in [5.74, 6) is -1.38. The molecule has 1 aromatic carbocycles. The number of carboxylic acid groups (broad SMARTS) is 1. The van der Waals surface area contributed by atoms with Crippen LogP contribution in [0.5, 0.6) is 0 Å². The molecule has 1 N–H and O–H groups in total. The quantitative estimate of drug-likeness (QED) is 0.860. The van der Waals surface area contributed by atoms with Crippen LogP contribution >= 0.6 is 0 Å². The number of carboxylic acids is 1. The Morgan fingerprint density at radius 1 is 1.60 bits per heavy atom. The summed E-state index contributed by atoms with van der Waals surface area (Å²) in [6.07, 6.45) is 3.30. The normalized spacial score (nSPS) is 19.5. The number of morpholine rings is 1. The van der Waals surface area contributed by atoms with Crippen LogP contribution in [0.3, 0.4) is 0 Å². The first-order valence-electron chi connectivity index (χ1n) is 6.67. The summed E-state index contributed by atoms with van der Waals surface area (Å²) in [5.41, 5.74) is 1.04. The van der Waals surface area contributed by atoms with Gasteiger partial charge in [0, 0.05) is 18.2 Å². The lowest BCUT2D eigenvalue weighted by atomic mass is 10.1. The lowest BCUT2D eigenvalue weighted by Gasteiger charge is -2.37. The molecule has 5 heteroatoms. The van der Waals surface area contributed by atoms with Gasteiger partial charge in [-0.05, 0) is 18.6 Å². The highest BCUT2D eigenvalue weighted by Crippen LogP contribution is 2.29. The molecule has 1 aliphatic heterocycles. The van der Waals surface area contributed by atoms with Crippen LogP contribution in [-0.2, 0) is 9.53 Å². The molecular weight excluding hydrogens is 261 g/mol. The van der Waals surface area contributed by atoms with E-state index in [2.05, 4.69) is 0 Å². The minimum Gasteiger partial charge on any atom is -0.478 e. The highest BCUT2D eigenvalue weighted by Gasteiger charge is 2.25. The van der Waals surface area contributed by atoms with E-state index in [1.54, 1.807) is 12.1 Å². The Morgan fingerprint density at radius 3 is 3.10 bits per heavy atom. The molecule has 4 nitrogen and oxygen atoms in total. The van der Waals surface area contributed by atoms with Gasteiger partial charge in [0.1, 0.15) is 5.82 Å². The van der Waals surface area contributed by atoms with E-state index in [9.17, 15) is 9.18 Å². The zero-order valence-electron chi connectivity index (χ0n) is 11.4. The van der Waals surface area contributed by atoms with Crippen LogP contribution in [-0.4, -0.2) is 36.9 Å². The number of hydrogen-bond donors (Lipinski definition) is 1. The number of rotatable bonds is 4. The number of aliphatic carboxylic acids is 1. The molecule has 0 bridgehead atoms. The van der Waals surface area contributed by atoms with E-state index < -0.39 is 5.97 Å². The lowest BCUT2D eigenvalue weighted by Crippen LogP contribution is -2.45. The fourth-order valence-electron chi connectivity index (χ4n) is 2.42. The third-order valence-electron chi connectivity index (χ3n) is 3.41. The molecule has 1 saturated heterocycles. The van der Waals surface area contributed by atoms with Crippen molar-refractivity contribution in [3.8, 4) is 0 Å². The number of anilines is 1. The standard InChI is InChI=1S/C15H18FNO3/c1-2-12-10-20-9-8-17(12)15-11(6-7-14(18)19)4-3-5-13(15)16/h3-7,12H,2,8-10H2,1H3,(H,18,19)/b7-6+. The Morgan fingerprint density at radius 2 is 2.40 bits per heavy atom. The van der Waals surface area contributed by atoms with Crippen molar-refractivity contribution in [1.29, 1.82) is 0 Å². The number of para-hydroxylation sites is 1. The largest absolute Gasteiger partial charge is 0.478 e. The first kappa shape index (κ1) is 14.5. The van der Waals surface area contributed by atoms with Gasteiger partial charge in [0.2, 0.25) is 0 Å². The molecule has 0 amide bonds. The molecule has 0 radical (unpaired) electrons. The summed E-state index contributed by atoms with van der Waals surface area (Å²) in [4.78, 5) is 12.6. The van der Waals surface area contributed by atoms with Crippen molar-refractivity contribution in [2.45, 2.75) is 19.4 Å². The maximum absolute atomic E-state index is 14.2. The van der Waals surface area contributed by atoms with Gasteiger partial charge in [-0.3, -0.25) is 0 Å².